The number of Topliss-reactive ketones (excluding diaryl/α,β-unsaturated/α-hetero) is 1. The number of aromatic nitrogens is 1. The number of ketones is 1. The third kappa shape index (κ3) is 3.82. The van der Waals surface area contributed by atoms with E-state index in [1.165, 1.54) is 11.3 Å². The molecule has 2 heterocycles. The van der Waals surface area contributed by atoms with Gasteiger partial charge in [-0.05, 0) is 24.3 Å². The van der Waals surface area contributed by atoms with Crippen LogP contribution in [0.25, 0.3) is 11.3 Å². The molecule has 5 nitrogen and oxygen atoms in total. The van der Waals surface area contributed by atoms with Crippen molar-refractivity contribution in [2.24, 2.45) is 0 Å². The topological polar surface area (TPSA) is 90.7 Å². The summed E-state index contributed by atoms with van der Waals surface area (Å²) in [6.07, 6.45) is 2.27. The predicted octanol–water partition coefficient (Wildman–Crippen LogP) is 4.08. The first-order chi connectivity index (χ1) is 12.2. The molecule has 2 aromatic heterocycles. The third-order valence-corrected chi connectivity index (χ3v) is 4.64. The van der Waals surface area contributed by atoms with E-state index in [2.05, 4.69) is 17.1 Å². The fourth-order valence-electron chi connectivity index (χ4n) is 2.38. The molecule has 0 aliphatic heterocycles. The van der Waals surface area contributed by atoms with Gasteiger partial charge in [0.2, 0.25) is 0 Å². The molecule has 3 aromatic rings. The SMILES string of the molecule is N#Cc1ccc(-c2csc([C@H](C#N)C(=O)CCc3ccco3)n2)cc1. The average molecular weight is 347 g/mol. The van der Waals surface area contributed by atoms with Crippen LogP contribution in [0, 0.1) is 22.7 Å². The molecular weight excluding hydrogens is 334 g/mol. The lowest BCUT2D eigenvalue weighted by Crippen LogP contribution is -2.11. The molecule has 1 atom stereocenters. The van der Waals surface area contributed by atoms with Crippen LogP contribution in [-0.4, -0.2) is 10.8 Å². The Labute approximate surface area is 148 Å². The summed E-state index contributed by atoms with van der Waals surface area (Å²) in [6, 6.07) is 14.7. The minimum Gasteiger partial charge on any atom is -0.469 e. The van der Waals surface area contributed by atoms with E-state index in [9.17, 15) is 10.1 Å². The quantitative estimate of drug-likeness (QED) is 0.670. The van der Waals surface area contributed by atoms with Gasteiger partial charge in [-0.2, -0.15) is 10.5 Å². The Kier molecular flexibility index (Phi) is 5.03. The molecule has 0 aliphatic rings. The van der Waals surface area contributed by atoms with Crippen LogP contribution in [0.15, 0.2) is 52.5 Å². The van der Waals surface area contributed by atoms with E-state index in [0.717, 1.165) is 11.3 Å². The Morgan fingerprint density at radius 1 is 1.24 bits per heavy atom. The van der Waals surface area contributed by atoms with Gasteiger partial charge in [0.05, 0.1) is 29.7 Å². The minimum absolute atomic E-state index is 0.167. The second kappa shape index (κ2) is 7.57. The lowest BCUT2D eigenvalue weighted by molar-refractivity contribution is -0.119. The summed E-state index contributed by atoms with van der Waals surface area (Å²) in [7, 11) is 0. The molecular formula is C19H13N3O2S. The largest absolute Gasteiger partial charge is 0.469 e. The van der Waals surface area contributed by atoms with Crippen molar-refractivity contribution in [1.29, 1.82) is 10.5 Å². The van der Waals surface area contributed by atoms with Gasteiger partial charge in [-0.1, -0.05) is 12.1 Å². The van der Waals surface area contributed by atoms with Crippen LogP contribution in [0.1, 0.15) is 28.7 Å². The standard InChI is InChI=1S/C19H13N3O2S/c20-10-13-3-5-14(6-4-13)17-12-25-19(22-17)16(11-21)18(23)8-7-15-2-1-9-24-15/h1-6,9,12,16H,7-8H2/t16-/m1/s1. The third-order valence-electron chi connectivity index (χ3n) is 3.73. The number of carbonyl (C=O) groups is 1. The Balaban J connectivity index is 1.73. The Hall–Kier alpha value is -3.22. The number of hydrogen-bond acceptors (Lipinski definition) is 6. The van der Waals surface area contributed by atoms with Crippen molar-refractivity contribution < 1.29 is 9.21 Å². The van der Waals surface area contributed by atoms with Crippen molar-refractivity contribution >= 4 is 17.1 Å². The van der Waals surface area contributed by atoms with E-state index in [-0.39, 0.29) is 12.2 Å². The number of carbonyl (C=O) groups excluding carboxylic acids is 1. The molecule has 0 fully saturated rings. The van der Waals surface area contributed by atoms with E-state index < -0.39 is 5.92 Å². The highest BCUT2D eigenvalue weighted by Gasteiger charge is 2.23. The van der Waals surface area contributed by atoms with Gasteiger partial charge >= 0.3 is 0 Å². The monoisotopic (exact) mass is 347 g/mol. The van der Waals surface area contributed by atoms with Crippen LogP contribution in [0.5, 0.6) is 0 Å². The molecule has 0 saturated heterocycles. The zero-order valence-electron chi connectivity index (χ0n) is 13.2. The number of nitriles is 2. The smallest absolute Gasteiger partial charge is 0.157 e. The Bertz CT molecular complexity index is 944. The van der Waals surface area contributed by atoms with Gasteiger partial charge in [0, 0.05) is 23.8 Å². The first-order valence-corrected chi connectivity index (χ1v) is 8.50. The van der Waals surface area contributed by atoms with Crippen molar-refractivity contribution in [3.05, 3.63) is 64.4 Å². The molecule has 0 bridgehead atoms. The molecule has 25 heavy (non-hydrogen) atoms. The van der Waals surface area contributed by atoms with E-state index >= 15 is 0 Å². The molecule has 0 saturated carbocycles. The van der Waals surface area contributed by atoms with E-state index in [1.807, 2.05) is 5.38 Å². The summed E-state index contributed by atoms with van der Waals surface area (Å²) >= 11 is 1.30. The van der Waals surface area contributed by atoms with Gasteiger partial charge in [0.15, 0.2) is 11.7 Å². The molecule has 0 radical (unpaired) electrons. The number of benzene rings is 1. The molecule has 0 unspecified atom stereocenters. The molecule has 1 aromatic carbocycles. The van der Waals surface area contributed by atoms with Crippen LogP contribution in [0.4, 0.5) is 0 Å². The normalized spacial score (nSPS) is 11.4. The van der Waals surface area contributed by atoms with Gasteiger partial charge in [-0.3, -0.25) is 4.79 Å². The van der Waals surface area contributed by atoms with E-state index in [4.69, 9.17) is 9.68 Å². The van der Waals surface area contributed by atoms with Crippen LogP contribution < -0.4 is 0 Å². The summed E-state index contributed by atoms with van der Waals surface area (Å²) in [5.74, 6) is -0.311. The van der Waals surface area contributed by atoms with E-state index in [1.54, 1.807) is 42.7 Å². The van der Waals surface area contributed by atoms with E-state index in [0.29, 0.717) is 22.7 Å². The highest BCUT2D eigenvalue weighted by molar-refractivity contribution is 7.10. The number of aryl methyl sites for hydroxylation is 1. The maximum atomic E-state index is 12.4. The number of hydrogen-bond donors (Lipinski definition) is 0. The summed E-state index contributed by atoms with van der Waals surface area (Å²) in [5.41, 5.74) is 2.12. The highest BCUT2D eigenvalue weighted by Crippen LogP contribution is 2.28. The summed E-state index contributed by atoms with van der Waals surface area (Å²) < 4.78 is 5.21. The first-order valence-electron chi connectivity index (χ1n) is 7.62. The number of nitrogens with zero attached hydrogens (tertiary/aromatic N) is 3. The fourth-order valence-corrected chi connectivity index (χ4v) is 3.27. The predicted molar refractivity (Wildman–Crippen MR) is 92.7 cm³/mol. The highest BCUT2D eigenvalue weighted by atomic mass is 32.1. The van der Waals surface area contributed by atoms with Crippen molar-refractivity contribution in [3.63, 3.8) is 0 Å². The maximum absolute atomic E-state index is 12.4. The minimum atomic E-state index is -0.868. The van der Waals surface area contributed by atoms with Gasteiger partial charge in [-0.15, -0.1) is 11.3 Å². The van der Waals surface area contributed by atoms with Crippen molar-refractivity contribution in [1.82, 2.24) is 4.98 Å². The lowest BCUT2D eigenvalue weighted by Gasteiger charge is -2.04. The Morgan fingerprint density at radius 3 is 2.68 bits per heavy atom. The molecule has 0 spiro atoms. The number of rotatable bonds is 6. The van der Waals surface area contributed by atoms with Crippen molar-refractivity contribution in [2.75, 3.05) is 0 Å². The van der Waals surface area contributed by atoms with Gasteiger partial charge in [-0.25, -0.2) is 4.98 Å². The van der Waals surface area contributed by atoms with Gasteiger partial charge in [0.25, 0.3) is 0 Å². The number of furan rings is 1. The fraction of sp³-hybridized carbons (Fsp3) is 0.158. The molecule has 6 heteroatoms. The van der Waals surface area contributed by atoms with Gasteiger partial charge in [0.1, 0.15) is 10.8 Å². The lowest BCUT2D eigenvalue weighted by atomic mass is 10.0. The molecule has 0 amide bonds. The Morgan fingerprint density at radius 2 is 2.04 bits per heavy atom. The van der Waals surface area contributed by atoms with Crippen LogP contribution >= 0.6 is 11.3 Å². The zero-order valence-corrected chi connectivity index (χ0v) is 14.0. The van der Waals surface area contributed by atoms with Crippen molar-refractivity contribution in [3.8, 4) is 23.4 Å². The second-order valence-corrected chi connectivity index (χ2v) is 6.26. The molecule has 3 rings (SSSR count). The van der Waals surface area contributed by atoms with Crippen LogP contribution in [0.2, 0.25) is 0 Å². The number of thiazole rings is 1. The molecule has 0 aliphatic carbocycles. The summed E-state index contributed by atoms with van der Waals surface area (Å²) in [4.78, 5) is 16.8. The summed E-state index contributed by atoms with van der Waals surface area (Å²) in [5, 5.41) is 20.5. The van der Waals surface area contributed by atoms with Gasteiger partial charge < -0.3 is 4.42 Å². The second-order valence-electron chi connectivity index (χ2n) is 5.37. The van der Waals surface area contributed by atoms with Crippen LogP contribution in [0.3, 0.4) is 0 Å². The molecule has 0 N–H and O–H groups in total. The molecule has 122 valence electrons. The average Bonchev–Trinajstić information content (AvgIpc) is 3.33. The summed E-state index contributed by atoms with van der Waals surface area (Å²) in [6.45, 7) is 0. The zero-order chi connectivity index (χ0) is 17.6. The van der Waals surface area contributed by atoms with Crippen molar-refractivity contribution in [2.45, 2.75) is 18.8 Å². The maximum Gasteiger partial charge on any atom is 0.157 e. The van der Waals surface area contributed by atoms with Crippen LogP contribution in [-0.2, 0) is 11.2 Å². The first kappa shape index (κ1) is 16.6.